The van der Waals surface area contributed by atoms with Gasteiger partial charge in [0.25, 0.3) is 0 Å². The Morgan fingerprint density at radius 1 is 0.676 bits per heavy atom. The zero-order valence-electron chi connectivity index (χ0n) is 22.0. The second-order valence-corrected chi connectivity index (χ2v) is 12.0. The summed E-state index contributed by atoms with van der Waals surface area (Å²) in [5.74, 6) is -0.738. The quantitative estimate of drug-likeness (QED) is 0.120. The van der Waals surface area contributed by atoms with E-state index < -0.39 is 16.5 Å². The number of carbonyl (C=O) groups excluding carboxylic acids is 2. The van der Waals surface area contributed by atoms with Crippen molar-refractivity contribution in [3.63, 3.8) is 0 Å². The van der Waals surface area contributed by atoms with Gasteiger partial charge >= 0.3 is 47.3 Å². The van der Waals surface area contributed by atoms with Gasteiger partial charge in [-0.05, 0) is 37.1 Å². The van der Waals surface area contributed by atoms with Crippen LogP contribution in [0.4, 0.5) is 0 Å². The van der Waals surface area contributed by atoms with Crippen LogP contribution in [-0.2, 0) is 26.0 Å². The Morgan fingerprint density at radius 2 is 1.03 bits per heavy atom. The van der Waals surface area contributed by atoms with Crippen LogP contribution in [0.15, 0.2) is 36.7 Å². The van der Waals surface area contributed by atoms with Gasteiger partial charge in [-0.3, -0.25) is 9.97 Å². The van der Waals surface area contributed by atoms with Crippen LogP contribution >= 0.6 is 18.8 Å². The van der Waals surface area contributed by atoms with Crippen LogP contribution in [0.1, 0.15) is 112 Å². The molecule has 0 atom stereocenters. The van der Waals surface area contributed by atoms with Crippen molar-refractivity contribution in [1.29, 1.82) is 0 Å². The molecule has 2 aromatic heterocycles. The van der Waals surface area contributed by atoms with Crippen molar-refractivity contribution in [2.75, 3.05) is 13.2 Å². The molecule has 0 spiro atoms. The van der Waals surface area contributed by atoms with Gasteiger partial charge in [-0.25, -0.2) is 9.59 Å². The number of hydrogen-bond acceptors (Lipinski definition) is 6. The molecule has 0 fully saturated rings. The zero-order valence-corrected chi connectivity index (χ0v) is 25.7. The molecule has 0 saturated heterocycles. The second-order valence-electron chi connectivity index (χ2n) is 8.71. The van der Waals surface area contributed by atoms with Crippen molar-refractivity contribution in [3.8, 4) is 11.4 Å². The van der Waals surface area contributed by atoms with Gasteiger partial charge in [0.15, 0.2) is 0 Å². The summed E-state index contributed by atoms with van der Waals surface area (Å²) in [6.45, 7) is 5.22. The molecule has 9 heteroatoms. The summed E-state index contributed by atoms with van der Waals surface area (Å²) in [5.41, 5.74) is 1.88. The van der Waals surface area contributed by atoms with Gasteiger partial charge in [0.2, 0.25) is 0 Å². The molecule has 0 radical (unpaired) electrons. The molecule has 0 saturated carbocycles. The van der Waals surface area contributed by atoms with Crippen LogP contribution in [0.3, 0.4) is 0 Å². The Morgan fingerprint density at radius 3 is 1.41 bits per heavy atom. The van der Waals surface area contributed by atoms with Gasteiger partial charge in [-0.1, -0.05) is 78.1 Å². The molecule has 2 aromatic rings. The minimum atomic E-state index is -0.472. The predicted octanol–water partition coefficient (Wildman–Crippen LogP) is 8.55. The van der Waals surface area contributed by atoms with E-state index in [1.54, 1.807) is 36.7 Å². The van der Waals surface area contributed by atoms with Gasteiger partial charge < -0.3 is 9.47 Å². The molecule has 2 heterocycles. The summed E-state index contributed by atoms with van der Waals surface area (Å²) in [7, 11) is 9.75. The molecule has 6 nitrogen and oxygen atoms in total. The van der Waals surface area contributed by atoms with Gasteiger partial charge in [0, 0.05) is 12.4 Å². The van der Waals surface area contributed by atoms with Crippen LogP contribution in [0, 0.1) is 0 Å². The molecule has 0 aliphatic carbocycles. The van der Waals surface area contributed by atoms with Crippen LogP contribution in [0.5, 0.6) is 0 Å². The Balaban J connectivity index is 0.00000217. The van der Waals surface area contributed by atoms with E-state index in [2.05, 4.69) is 23.8 Å². The first-order chi connectivity index (χ1) is 18.1. The molecule has 0 aliphatic rings. The molecular weight excluding hydrogens is 694 g/mol. The summed E-state index contributed by atoms with van der Waals surface area (Å²) in [5, 5.41) is 0. The van der Waals surface area contributed by atoms with Crippen LogP contribution < -0.4 is 0 Å². The molecular formula is C28H40Cl2N2O4Pt. The predicted molar refractivity (Wildman–Crippen MR) is 146 cm³/mol. The summed E-state index contributed by atoms with van der Waals surface area (Å²) in [6, 6.07) is 6.56. The average molecular weight is 735 g/mol. The Hall–Kier alpha value is -1.49. The zero-order chi connectivity index (χ0) is 27.1. The first-order valence-electron chi connectivity index (χ1n) is 13.2. The standard InChI is InChI=1S/C28H40N2O4.2ClH.Pt/c1-3-5-7-9-11-13-19-33-27(31)23-15-17-29-25(21-23)26-22-24(16-18-30-26)28(32)34-20-14-12-10-8-6-4-2;;;/h15-18,21-22H,3-14,19-20H2,1-2H3;2*1H;/q;;;+2/p-2. The molecule has 0 N–H and O–H groups in total. The molecule has 0 bridgehead atoms. The van der Waals surface area contributed by atoms with Crippen LogP contribution in [-0.4, -0.2) is 35.1 Å². The third-order valence-corrected chi connectivity index (χ3v) is 5.72. The first kappa shape index (κ1) is 33.5. The third-order valence-electron chi connectivity index (χ3n) is 5.72. The maximum absolute atomic E-state index is 12.4. The number of carbonyl (C=O) groups is 2. The molecule has 0 aliphatic heterocycles. The number of hydrogen-bond donors (Lipinski definition) is 0. The summed E-state index contributed by atoms with van der Waals surface area (Å²) >= 11 is -0.472. The summed E-state index contributed by atoms with van der Waals surface area (Å²) in [4.78, 5) is 33.5. The van der Waals surface area contributed by atoms with E-state index in [1.807, 2.05) is 0 Å². The van der Waals surface area contributed by atoms with E-state index in [1.165, 1.54) is 51.4 Å². The van der Waals surface area contributed by atoms with Crippen molar-refractivity contribution in [2.24, 2.45) is 0 Å². The van der Waals surface area contributed by atoms with Gasteiger partial charge in [-0.15, -0.1) is 0 Å². The van der Waals surface area contributed by atoms with Crippen molar-refractivity contribution in [3.05, 3.63) is 47.8 Å². The minimum absolute atomic E-state index is 0.369. The second kappa shape index (κ2) is 22.5. The van der Waals surface area contributed by atoms with E-state index in [-0.39, 0.29) is 11.9 Å². The number of rotatable bonds is 17. The molecule has 0 aromatic carbocycles. The SMILES string of the molecule is CCCCCCCCOC(=O)c1ccnc(-c2cc(C(=O)OCCCCCCCC)ccn2)c1.[Cl][Pt][Cl]. The van der Waals surface area contributed by atoms with E-state index >= 15 is 0 Å². The molecule has 0 amide bonds. The fraction of sp³-hybridized carbons (Fsp3) is 0.571. The third kappa shape index (κ3) is 15.5. The number of pyridine rings is 2. The van der Waals surface area contributed by atoms with Crippen molar-refractivity contribution >= 4 is 30.8 Å². The van der Waals surface area contributed by atoms with Gasteiger partial charge in [0.1, 0.15) is 0 Å². The number of ether oxygens (including phenoxy) is 2. The monoisotopic (exact) mass is 733 g/mol. The number of nitrogens with zero attached hydrogens (tertiary/aromatic N) is 2. The normalized spacial score (nSPS) is 10.5. The number of halogens is 2. The Bertz CT molecular complexity index is 830. The summed E-state index contributed by atoms with van der Waals surface area (Å²) < 4.78 is 10.8. The summed E-state index contributed by atoms with van der Waals surface area (Å²) in [6.07, 6.45) is 16.8. The molecule has 2 rings (SSSR count). The van der Waals surface area contributed by atoms with Crippen molar-refractivity contribution < 1.29 is 35.5 Å². The fourth-order valence-corrected chi connectivity index (χ4v) is 3.66. The van der Waals surface area contributed by atoms with E-state index in [0.717, 1.165) is 25.7 Å². The van der Waals surface area contributed by atoms with E-state index in [0.29, 0.717) is 35.7 Å². The van der Waals surface area contributed by atoms with Gasteiger partial charge in [-0.2, -0.15) is 0 Å². The molecule has 37 heavy (non-hydrogen) atoms. The van der Waals surface area contributed by atoms with Crippen LogP contribution in [0.2, 0.25) is 0 Å². The maximum atomic E-state index is 12.4. The fourth-order valence-electron chi connectivity index (χ4n) is 3.66. The van der Waals surface area contributed by atoms with Crippen LogP contribution in [0.25, 0.3) is 11.4 Å². The molecule has 0 unspecified atom stereocenters. The number of aromatic nitrogens is 2. The first-order valence-corrected chi connectivity index (χ1v) is 18.8. The number of esters is 2. The average Bonchev–Trinajstić information content (AvgIpc) is 2.92. The number of unbranched alkanes of at least 4 members (excludes halogenated alkanes) is 10. The topological polar surface area (TPSA) is 78.4 Å². The van der Waals surface area contributed by atoms with Crippen molar-refractivity contribution in [1.82, 2.24) is 9.97 Å². The Kier molecular flexibility index (Phi) is 20.4. The van der Waals surface area contributed by atoms with E-state index in [9.17, 15) is 9.59 Å². The van der Waals surface area contributed by atoms with Crippen molar-refractivity contribution in [2.45, 2.75) is 90.9 Å². The van der Waals surface area contributed by atoms with Gasteiger partial charge in [0.05, 0.1) is 35.7 Å². The van der Waals surface area contributed by atoms with E-state index in [4.69, 9.17) is 28.3 Å². The molecule has 210 valence electrons. The Labute approximate surface area is 238 Å².